The molecule has 0 aliphatic carbocycles. The third-order valence-corrected chi connectivity index (χ3v) is 1.84. The van der Waals surface area contributed by atoms with Gasteiger partial charge in [-0.25, -0.2) is 8.78 Å². The fourth-order valence-electron chi connectivity index (χ4n) is 1.13. The highest BCUT2D eigenvalue weighted by Gasteiger charge is 2.09. The van der Waals surface area contributed by atoms with Gasteiger partial charge in [-0.05, 0) is 18.1 Å². The Balaban J connectivity index is 3.18. The van der Waals surface area contributed by atoms with Crippen molar-refractivity contribution in [1.29, 1.82) is 5.26 Å². The topological polar surface area (TPSA) is 23.8 Å². The molecule has 0 spiro atoms. The number of benzene rings is 1. The molecule has 0 aromatic heterocycles. The first kappa shape index (κ1) is 9.66. The Morgan fingerprint density at radius 1 is 1.38 bits per heavy atom. The Kier molecular flexibility index (Phi) is 2.97. The molecule has 13 heavy (non-hydrogen) atoms. The SMILES string of the molecule is CCc1cc(F)c(F)c(CC#N)c1. The van der Waals surface area contributed by atoms with Crippen molar-refractivity contribution in [2.75, 3.05) is 0 Å². The van der Waals surface area contributed by atoms with Gasteiger partial charge in [-0.15, -0.1) is 0 Å². The molecule has 0 N–H and O–H groups in total. The third kappa shape index (κ3) is 2.03. The average molecular weight is 181 g/mol. The first-order valence-corrected chi connectivity index (χ1v) is 4.02. The van der Waals surface area contributed by atoms with Crippen LogP contribution in [0.3, 0.4) is 0 Å². The Morgan fingerprint density at radius 2 is 2.08 bits per heavy atom. The summed E-state index contributed by atoms with van der Waals surface area (Å²) >= 11 is 0. The van der Waals surface area contributed by atoms with E-state index in [1.807, 2.05) is 6.92 Å². The van der Waals surface area contributed by atoms with Crippen molar-refractivity contribution in [3.05, 3.63) is 34.9 Å². The lowest BCUT2D eigenvalue weighted by molar-refractivity contribution is 0.500. The molecule has 1 nitrogen and oxygen atoms in total. The maximum absolute atomic E-state index is 13.0. The summed E-state index contributed by atoms with van der Waals surface area (Å²) in [6, 6.07) is 4.49. The van der Waals surface area contributed by atoms with E-state index in [9.17, 15) is 8.78 Å². The van der Waals surface area contributed by atoms with Crippen LogP contribution in [-0.2, 0) is 12.8 Å². The summed E-state index contributed by atoms with van der Waals surface area (Å²) in [5, 5.41) is 8.36. The van der Waals surface area contributed by atoms with Crippen molar-refractivity contribution in [2.45, 2.75) is 19.8 Å². The van der Waals surface area contributed by atoms with Crippen LogP contribution in [0, 0.1) is 23.0 Å². The van der Waals surface area contributed by atoms with Crippen LogP contribution in [0.1, 0.15) is 18.1 Å². The van der Waals surface area contributed by atoms with Crippen molar-refractivity contribution >= 4 is 0 Å². The smallest absolute Gasteiger partial charge is 0.163 e. The van der Waals surface area contributed by atoms with Gasteiger partial charge in [0.2, 0.25) is 0 Å². The van der Waals surface area contributed by atoms with E-state index in [4.69, 9.17) is 5.26 Å². The van der Waals surface area contributed by atoms with Crippen LogP contribution >= 0.6 is 0 Å². The molecule has 0 saturated carbocycles. The zero-order chi connectivity index (χ0) is 9.84. The summed E-state index contributed by atoms with van der Waals surface area (Å²) in [5.41, 5.74) is 0.850. The first-order valence-electron chi connectivity index (χ1n) is 4.02. The summed E-state index contributed by atoms with van der Waals surface area (Å²) in [4.78, 5) is 0. The molecule has 1 aromatic carbocycles. The summed E-state index contributed by atoms with van der Waals surface area (Å²) < 4.78 is 25.8. The zero-order valence-corrected chi connectivity index (χ0v) is 7.27. The number of nitriles is 1. The quantitative estimate of drug-likeness (QED) is 0.687. The minimum absolute atomic E-state index is 0.0867. The summed E-state index contributed by atoms with van der Waals surface area (Å²) in [6.45, 7) is 1.85. The normalized spacial score (nSPS) is 9.69. The van der Waals surface area contributed by atoms with Crippen LogP contribution in [0.15, 0.2) is 12.1 Å². The van der Waals surface area contributed by atoms with Crippen LogP contribution < -0.4 is 0 Å². The van der Waals surface area contributed by atoms with Crippen molar-refractivity contribution in [3.8, 4) is 6.07 Å². The Bertz CT molecular complexity index is 353. The second kappa shape index (κ2) is 3.99. The van der Waals surface area contributed by atoms with Gasteiger partial charge < -0.3 is 0 Å². The minimum Gasteiger partial charge on any atom is -0.204 e. The van der Waals surface area contributed by atoms with Gasteiger partial charge >= 0.3 is 0 Å². The molecule has 0 unspecified atom stereocenters. The molecular formula is C10H9F2N. The number of halogens is 2. The molecule has 3 heteroatoms. The van der Waals surface area contributed by atoms with E-state index in [0.29, 0.717) is 12.0 Å². The molecule has 0 radical (unpaired) electrons. The molecule has 68 valence electrons. The van der Waals surface area contributed by atoms with E-state index in [1.165, 1.54) is 6.07 Å². The van der Waals surface area contributed by atoms with Crippen LogP contribution in [-0.4, -0.2) is 0 Å². The molecule has 0 aliphatic rings. The predicted molar refractivity (Wildman–Crippen MR) is 45.1 cm³/mol. The van der Waals surface area contributed by atoms with Crippen LogP contribution in [0.5, 0.6) is 0 Å². The second-order valence-corrected chi connectivity index (χ2v) is 2.74. The Hall–Kier alpha value is -1.43. The van der Waals surface area contributed by atoms with E-state index in [0.717, 1.165) is 6.07 Å². The predicted octanol–water partition coefficient (Wildman–Crippen LogP) is 2.59. The standard InChI is InChI=1S/C10H9F2N/c1-2-7-5-8(3-4-13)10(12)9(11)6-7/h5-6H,2-3H2,1H3. The molecule has 0 fully saturated rings. The lowest BCUT2D eigenvalue weighted by Crippen LogP contribution is -1.96. The lowest BCUT2D eigenvalue weighted by Gasteiger charge is -2.02. The molecule has 1 rings (SSSR count). The molecule has 0 saturated heterocycles. The number of hydrogen-bond donors (Lipinski definition) is 0. The van der Waals surface area contributed by atoms with Crippen molar-refractivity contribution in [1.82, 2.24) is 0 Å². The average Bonchev–Trinajstić information content (AvgIpc) is 2.13. The molecule has 0 aliphatic heterocycles. The maximum Gasteiger partial charge on any atom is 0.163 e. The van der Waals surface area contributed by atoms with E-state index in [-0.39, 0.29) is 12.0 Å². The number of rotatable bonds is 2. The highest BCUT2D eigenvalue weighted by Crippen LogP contribution is 2.15. The first-order chi connectivity index (χ1) is 6.19. The molecular weight excluding hydrogens is 172 g/mol. The number of aryl methyl sites for hydroxylation is 1. The molecule has 0 heterocycles. The summed E-state index contributed by atoms with van der Waals surface area (Å²) in [6.07, 6.45) is 0.548. The van der Waals surface area contributed by atoms with Gasteiger partial charge in [-0.3, -0.25) is 0 Å². The second-order valence-electron chi connectivity index (χ2n) is 2.74. The fraction of sp³-hybridized carbons (Fsp3) is 0.300. The van der Waals surface area contributed by atoms with Gasteiger partial charge in [-0.2, -0.15) is 5.26 Å². The number of nitrogens with zero attached hydrogens (tertiary/aromatic N) is 1. The molecule has 0 bridgehead atoms. The van der Waals surface area contributed by atoms with Crippen molar-refractivity contribution < 1.29 is 8.78 Å². The monoisotopic (exact) mass is 181 g/mol. The van der Waals surface area contributed by atoms with Crippen molar-refractivity contribution in [2.24, 2.45) is 0 Å². The van der Waals surface area contributed by atoms with E-state index in [1.54, 1.807) is 6.07 Å². The third-order valence-electron chi connectivity index (χ3n) is 1.84. The maximum atomic E-state index is 13.0. The summed E-state index contributed by atoms with van der Waals surface area (Å²) in [5.74, 6) is -1.77. The van der Waals surface area contributed by atoms with E-state index >= 15 is 0 Å². The van der Waals surface area contributed by atoms with Crippen LogP contribution in [0.4, 0.5) is 8.78 Å². The zero-order valence-electron chi connectivity index (χ0n) is 7.27. The number of hydrogen-bond acceptors (Lipinski definition) is 1. The molecule has 0 atom stereocenters. The van der Waals surface area contributed by atoms with Crippen LogP contribution in [0.2, 0.25) is 0 Å². The molecule has 1 aromatic rings. The fourth-order valence-corrected chi connectivity index (χ4v) is 1.13. The largest absolute Gasteiger partial charge is 0.204 e. The Morgan fingerprint density at radius 3 is 2.62 bits per heavy atom. The van der Waals surface area contributed by atoms with E-state index in [2.05, 4.69) is 0 Å². The van der Waals surface area contributed by atoms with Gasteiger partial charge in [0, 0.05) is 5.56 Å². The van der Waals surface area contributed by atoms with Gasteiger partial charge in [-0.1, -0.05) is 13.0 Å². The van der Waals surface area contributed by atoms with Crippen LogP contribution in [0.25, 0.3) is 0 Å². The molecule has 0 amide bonds. The summed E-state index contributed by atoms with van der Waals surface area (Å²) in [7, 11) is 0. The highest BCUT2D eigenvalue weighted by molar-refractivity contribution is 5.28. The van der Waals surface area contributed by atoms with Gasteiger partial charge in [0.25, 0.3) is 0 Å². The minimum atomic E-state index is -0.904. The Labute approximate surface area is 75.6 Å². The lowest BCUT2D eigenvalue weighted by atomic mass is 10.1. The highest BCUT2D eigenvalue weighted by atomic mass is 19.2. The van der Waals surface area contributed by atoms with Crippen molar-refractivity contribution in [3.63, 3.8) is 0 Å². The van der Waals surface area contributed by atoms with Gasteiger partial charge in [0.1, 0.15) is 0 Å². The van der Waals surface area contributed by atoms with Gasteiger partial charge in [0.05, 0.1) is 12.5 Å². The van der Waals surface area contributed by atoms with E-state index < -0.39 is 11.6 Å². The van der Waals surface area contributed by atoms with Gasteiger partial charge in [0.15, 0.2) is 11.6 Å².